The average molecular weight is 394 g/mol. The second-order valence-corrected chi connectivity index (χ2v) is 6.19. The Morgan fingerprint density at radius 1 is 1.07 bits per heavy atom. The summed E-state index contributed by atoms with van der Waals surface area (Å²) in [5, 5.41) is 5.65. The summed E-state index contributed by atoms with van der Waals surface area (Å²) in [6.45, 7) is 1.92. The monoisotopic (exact) mass is 394 g/mol. The summed E-state index contributed by atoms with van der Waals surface area (Å²) in [4.78, 5) is 32.4. The zero-order chi connectivity index (χ0) is 20.8. The van der Waals surface area contributed by atoms with E-state index in [4.69, 9.17) is 0 Å². The lowest BCUT2D eigenvalue weighted by atomic mass is 10.2. The first-order chi connectivity index (χ1) is 14.0. The van der Waals surface area contributed by atoms with Crippen molar-refractivity contribution in [3.8, 4) is 0 Å². The van der Waals surface area contributed by atoms with Crippen LogP contribution in [0.3, 0.4) is 0 Å². The van der Waals surface area contributed by atoms with Gasteiger partial charge >= 0.3 is 5.97 Å². The van der Waals surface area contributed by atoms with Crippen molar-refractivity contribution in [2.24, 2.45) is 0 Å². The van der Waals surface area contributed by atoms with Gasteiger partial charge in [-0.15, -0.1) is 0 Å². The van der Waals surface area contributed by atoms with Gasteiger partial charge in [0.1, 0.15) is 11.5 Å². The van der Waals surface area contributed by atoms with Gasteiger partial charge in [0, 0.05) is 23.5 Å². The highest BCUT2D eigenvalue weighted by Gasteiger charge is 2.12. The predicted molar refractivity (Wildman–Crippen MR) is 106 cm³/mol. The second kappa shape index (κ2) is 8.92. The number of hydrogen-bond acceptors (Lipinski definition) is 6. The maximum absolute atomic E-state index is 13.7. The molecule has 1 aromatic heterocycles. The number of aromatic nitrogens is 2. The molecule has 0 aliphatic rings. The van der Waals surface area contributed by atoms with Gasteiger partial charge in [0.05, 0.1) is 12.7 Å². The van der Waals surface area contributed by atoms with Crippen molar-refractivity contribution in [3.63, 3.8) is 0 Å². The molecule has 0 saturated carbocycles. The molecule has 0 aliphatic heterocycles. The van der Waals surface area contributed by atoms with Crippen molar-refractivity contribution >= 4 is 23.5 Å². The van der Waals surface area contributed by atoms with Gasteiger partial charge in [-0.05, 0) is 43.3 Å². The molecular formula is C21H19FN4O3. The molecule has 148 valence electrons. The fourth-order valence-electron chi connectivity index (χ4n) is 2.58. The van der Waals surface area contributed by atoms with Gasteiger partial charge in [-0.1, -0.05) is 18.2 Å². The lowest BCUT2D eigenvalue weighted by Crippen LogP contribution is -2.16. The fourth-order valence-corrected chi connectivity index (χ4v) is 2.58. The molecule has 0 bridgehead atoms. The molecule has 29 heavy (non-hydrogen) atoms. The van der Waals surface area contributed by atoms with E-state index in [1.165, 1.54) is 13.2 Å². The smallest absolute Gasteiger partial charge is 0.337 e. The molecule has 8 heteroatoms. The topological polar surface area (TPSA) is 93.2 Å². The maximum atomic E-state index is 13.7. The largest absolute Gasteiger partial charge is 0.465 e. The highest BCUT2D eigenvalue weighted by Crippen LogP contribution is 2.14. The minimum atomic E-state index is -0.458. The SMILES string of the molecule is COC(=O)c1ccc(NC(=O)c2cc(C)nc(NCc3ccccc3F)n2)cc1. The van der Waals surface area contributed by atoms with E-state index in [9.17, 15) is 14.0 Å². The Hall–Kier alpha value is -3.81. The van der Waals surface area contributed by atoms with Crippen LogP contribution in [0.4, 0.5) is 16.0 Å². The number of nitrogens with one attached hydrogen (secondary N) is 2. The Balaban J connectivity index is 1.70. The number of benzene rings is 2. The average Bonchev–Trinajstić information content (AvgIpc) is 2.72. The van der Waals surface area contributed by atoms with Crippen molar-refractivity contribution in [1.82, 2.24) is 9.97 Å². The maximum Gasteiger partial charge on any atom is 0.337 e. The number of carbonyl (C=O) groups excluding carboxylic acids is 2. The number of anilines is 2. The molecule has 1 amide bonds. The number of ether oxygens (including phenoxy) is 1. The molecule has 2 aromatic carbocycles. The van der Waals surface area contributed by atoms with Crippen LogP contribution >= 0.6 is 0 Å². The fraction of sp³-hybridized carbons (Fsp3) is 0.143. The van der Waals surface area contributed by atoms with Crippen LogP contribution in [0.5, 0.6) is 0 Å². The number of amides is 1. The van der Waals surface area contributed by atoms with Gasteiger partial charge in [0.15, 0.2) is 0 Å². The van der Waals surface area contributed by atoms with Crippen molar-refractivity contribution in [2.75, 3.05) is 17.7 Å². The number of rotatable bonds is 6. The summed E-state index contributed by atoms with van der Waals surface area (Å²) in [6, 6.07) is 14.2. The van der Waals surface area contributed by atoms with Gasteiger partial charge in [-0.2, -0.15) is 0 Å². The molecule has 0 radical (unpaired) electrons. The van der Waals surface area contributed by atoms with E-state index in [0.29, 0.717) is 22.5 Å². The lowest BCUT2D eigenvalue weighted by Gasteiger charge is -2.10. The molecule has 3 aromatic rings. The van der Waals surface area contributed by atoms with Crippen molar-refractivity contribution < 1.29 is 18.7 Å². The van der Waals surface area contributed by atoms with E-state index in [2.05, 4.69) is 25.3 Å². The zero-order valence-electron chi connectivity index (χ0n) is 15.9. The van der Waals surface area contributed by atoms with E-state index >= 15 is 0 Å². The van der Waals surface area contributed by atoms with E-state index in [-0.39, 0.29) is 24.0 Å². The first-order valence-corrected chi connectivity index (χ1v) is 8.79. The van der Waals surface area contributed by atoms with E-state index in [0.717, 1.165) is 0 Å². The normalized spacial score (nSPS) is 10.3. The third kappa shape index (κ3) is 5.13. The molecule has 0 unspecified atom stereocenters. The molecule has 0 spiro atoms. The van der Waals surface area contributed by atoms with Crippen LogP contribution in [0.15, 0.2) is 54.6 Å². The molecule has 0 atom stereocenters. The molecule has 0 aliphatic carbocycles. The van der Waals surface area contributed by atoms with Crippen LogP contribution in [-0.4, -0.2) is 29.0 Å². The van der Waals surface area contributed by atoms with Crippen LogP contribution in [0.25, 0.3) is 0 Å². The van der Waals surface area contributed by atoms with Crippen molar-refractivity contribution in [3.05, 3.63) is 82.9 Å². The summed E-state index contributed by atoms with van der Waals surface area (Å²) >= 11 is 0. The molecular weight excluding hydrogens is 375 g/mol. The van der Waals surface area contributed by atoms with Crippen molar-refractivity contribution in [1.29, 1.82) is 0 Å². The number of halogens is 1. The Morgan fingerprint density at radius 2 is 1.79 bits per heavy atom. The second-order valence-electron chi connectivity index (χ2n) is 6.19. The standard InChI is InChI=1S/C21H19FN4O3/c1-13-11-18(19(27)25-16-9-7-14(8-10-16)20(28)29-2)26-21(24-13)23-12-15-5-3-4-6-17(15)22/h3-11H,12H2,1-2H3,(H,25,27)(H,23,24,26). The Labute approximate surface area is 167 Å². The van der Waals surface area contributed by atoms with Crippen LogP contribution < -0.4 is 10.6 Å². The third-order valence-corrected chi connectivity index (χ3v) is 4.05. The molecule has 0 fully saturated rings. The Morgan fingerprint density at radius 3 is 2.48 bits per heavy atom. The number of methoxy groups -OCH3 is 1. The minimum absolute atomic E-state index is 0.158. The van der Waals surface area contributed by atoms with Crippen LogP contribution in [0, 0.1) is 12.7 Å². The molecule has 1 heterocycles. The Kier molecular flexibility index (Phi) is 6.13. The Bertz CT molecular complexity index is 1040. The summed E-state index contributed by atoms with van der Waals surface area (Å²) in [7, 11) is 1.30. The first kappa shape index (κ1) is 19.9. The van der Waals surface area contributed by atoms with Crippen LogP contribution in [-0.2, 0) is 11.3 Å². The van der Waals surface area contributed by atoms with Gasteiger partial charge in [0.25, 0.3) is 5.91 Å². The minimum Gasteiger partial charge on any atom is -0.465 e. The number of hydrogen-bond donors (Lipinski definition) is 2. The van der Waals surface area contributed by atoms with E-state index < -0.39 is 11.9 Å². The van der Waals surface area contributed by atoms with Crippen LogP contribution in [0.2, 0.25) is 0 Å². The molecule has 0 saturated heterocycles. The van der Waals surface area contributed by atoms with Gasteiger partial charge in [0.2, 0.25) is 5.95 Å². The number of aryl methyl sites for hydroxylation is 1. The van der Waals surface area contributed by atoms with E-state index in [1.807, 2.05) is 0 Å². The molecule has 2 N–H and O–H groups in total. The molecule has 7 nitrogen and oxygen atoms in total. The summed E-state index contributed by atoms with van der Waals surface area (Å²) in [5.41, 5.74) is 2.09. The van der Waals surface area contributed by atoms with Gasteiger partial charge in [-0.25, -0.2) is 19.2 Å². The van der Waals surface area contributed by atoms with Gasteiger partial charge in [-0.3, -0.25) is 4.79 Å². The summed E-state index contributed by atoms with van der Waals surface area (Å²) in [5.74, 6) is -1.00. The quantitative estimate of drug-likeness (QED) is 0.621. The number of esters is 1. The van der Waals surface area contributed by atoms with Crippen LogP contribution in [0.1, 0.15) is 32.1 Å². The highest BCUT2D eigenvalue weighted by molar-refractivity contribution is 6.03. The highest BCUT2D eigenvalue weighted by atomic mass is 19.1. The summed E-state index contributed by atoms with van der Waals surface area (Å²) < 4.78 is 18.4. The number of nitrogens with zero attached hydrogens (tertiary/aromatic N) is 2. The first-order valence-electron chi connectivity index (χ1n) is 8.79. The van der Waals surface area contributed by atoms with Gasteiger partial charge < -0.3 is 15.4 Å². The molecule has 3 rings (SSSR count). The van der Waals surface area contributed by atoms with E-state index in [1.54, 1.807) is 55.5 Å². The van der Waals surface area contributed by atoms with Crippen molar-refractivity contribution in [2.45, 2.75) is 13.5 Å². The lowest BCUT2D eigenvalue weighted by molar-refractivity contribution is 0.0600. The zero-order valence-corrected chi connectivity index (χ0v) is 15.9. The predicted octanol–water partition coefficient (Wildman–Crippen LogP) is 3.58. The third-order valence-electron chi connectivity index (χ3n) is 4.05. The summed E-state index contributed by atoms with van der Waals surface area (Å²) in [6.07, 6.45) is 0. The number of carbonyl (C=O) groups is 2.